The number of carbonyl (C=O) groups is 2. The Morgan fingerprint density at radius 1 is 1.17 bits per heavy atom. The third-order valence-corrected chi connectivity index (χ3v) is 4.38. The molecule has 1 aliphatic heterocycles. The zero-order valence-electron chi connectivity index (χ0n) is 13.8. The number of ether oxygens (including phenoxy) is 1. The fourth-order valence-electron chi connectivity index (χ4n) is 2.54. The summed E-state index contributed by atoms with van der Waals surface area (Å²) < 4.78 is 5.65. The van der Waals surface area contributed by atoms with Crippen LogP contribution in [0.25, 0.3) is 0 Å². The molecule has 0 spiro atoms. The summed E-state index contributed by atoms with van der Waals surface area (Å²) in [4.78, 5) is 27.5. The molecule has 2 amide bonds. The Morgan fingerprint density at radius 3 is 2.39 bits per heavy atom. The molecule has 0 saturated carbocycles. The van der Waals surface area contributed by atoms with Gasteiger partial charge in [0.1, 0.15) is 11.1 Å². The molecule has 2 rings (SSSR count). The molecule has 1 aromatic carbocycles. The Labute approximate surface area is 142 Å². The van der Waals surface area contributed by atoms with Gasteiger partial charge in [0.2, 0.25) is 5.91 Å². The molecule has 1 unspecified atom stereocenters. The van der Waals surface area contributed by atoms with Crippen LogP contribution in [0.2, 0.25) is 0 Å². The van der Waals surface area contributed by atoms with Crippen molar-refractivity contribution in [1.82, 2.24) is 9.80 Å². The highest BCUT2D eigenvalue weighted by molar-refractivity contribution is 6.30. The smallest absolute Gasteiger partial charge is 0.260 e. The van der Waals surface area contributed by atoms with E-state index in [0.29, 0.717) is 26.2 Å². The van der Waals surface area contributed by atoms with Crippen LogP contribution in [0.15, 0.2) is 18.2 Å². The van der Waals surface area contributed by atoms with Gasteiger partial charge in [-0.05, 0) is 38.0 Å². The lowest BCUT2D eigenvalue weighted by Gasteiger charge is -2.35. The molecule has 0 radical (unpaired) electrons. The van der Waals surface area contributed by atoms with Crippen LogP contribution in [-0.4, -0.2) is 59.8 Å². The Kier molecular flexibility index (Phi) is 5.88. The monoisotopic (exact) mass is 338 g/mol. The van der Waals surface area contributed by atoms with E-state index < -0.39 is 5.38 Å². The van der Waals surface area contributed by atoms with Crippen molar-refractivity contribution in [2.24, 2.45) is 0 Å². The standard InChI is InChI=1S/C17H23ClN2O3/c1-12-5-4-6-15(13(12)2)23-11-16(21)19-7-9-20(10-8-19)17(22)14(3)18/h4-6,14H,7-11H2,1-3H3. The van der Waals surface area contributed by atoms with Crippen LogP contribution in [-0.2, 0) is 9.59 Å². The fraction of sp³-hybridized carbons (Fsp3) is 0.529. The second kappa shape index (κ2) is 7.68. The number of amides is 2. The van der Waals surface area contributed by atoms with Gasteiger partial charge in [-0.3, -0.25) is 9.59 Å². The third-order valence-electron chi connectivity index (χ3n) is 4.19. The lowest BCUT2D eigenvalue weighted by atomic mass is 10.1. The van der Waals surface area contributed by atoms with Crippen molar-refractivity contribution < 1.29 is 14.3 Å². The second-order valence-electron chi connectivity index (χ2n) is 5.81. The molecule has 1 saturated heterocycles. The average molecular weight is 339 g/mol. The maximum absolute atomic E-state index is 12.2. The number of nitrogens with zero attached hydrogens (tertiary/aromatic N) is 2. The van der Waals surface area contributed by atoms with Crippen LogP contribution in [0.4, 0.5) is 0 Å². The molecule has 0 aromatic heterocycles. The van der Waals surface area contributed by atoms with E-state index >= 15 is 0 Å². The molecule has 6 heteroatoms. The van der Waals surface area contributed by atoms with E-state index in [4.69, 9.17) is 16.3 Å². The number of halogens is 1. The highest BCUT2D eigenvalue weighted by atomic mass is 35.5. The van der Waals surface area contributed by atoms with E-state index in [2.05, 4.69) is 0 Å². The third kappa shape index (κ3) is 4.38. The number of carbonyl (C=O) groups excluding carboxylic acids is 2. The van der Waals surface area contributed by atoms with E-state index in [0.717, 1.165) is 16.9 Å². The Balaban J connectivity index is 1.84. The average Bonchev–Trinajstić information content (AvgIpc) is 2.55. The maximum Gasteiger partial charge on any atom is 0.260 e. The molecule has 1 aliphatic rings. The quantitative estimate of drug-likeness (QED) is 0.789. The highest BCUT2D eigenvalue weighted by Crippen LogP contribution is 2.20. The van der Waals surface area contributed by atoms with E-state index in [1.807, 2.05) is 32.0 Å². The summed E-state index contributed by atoms with van der Waals surface area (Å²) in [6.07, 6.45) is 0. The summed E-state index contributed by atoms with van der Waals surface area (Å²) >= 11 is 5.81. The predicted octanol–water partition coefficient (Wildman–Crippen LogP) is 1.98. The number of aryl methyl sites for hydroxylation is 1. The van der Waals surface area contributed by atoms with Gasteiger partial charge in [-0.2, -0.15) is 0 Å². The highest BCUT2D eigenvalue weighted by Gasteiger charge is 2.26. The molecule has 1 aromatic rings. The summed E-state index contributed by atoms with van der Waals surface area (Å²) in [6.45, 7) is 7.75. The van der Waals surface area contributed by atoms with E-state index in [1.54, 1.807) is 16.7 Å². The second-order valence-corrected chi connectivity index (χ2v) is 6.46. The minimum Gasteiger partial charge on any atom is -0.483 e. The molecule has 1 fully saturated rings. The van der Waals surface area contributed by atoms with Gasteiger partial charge in [-0.15, -0.1) is 11.6 Å². The topological polar surface area (TPSA) is 49.9 Å². The molecular weight excluding hydrogens is 316 g/mol. The van der Waals surface area contributed by atoms with Gasteiger partial charge in [-0.25, -0.2) is 0 Å². The first kappa shape index (κ1) is 17.6. The molecule has 126 valence electrons. The number of hydrogen-bond donors (Lipinski definition) is 0. The van der Waals surface area contributed by atoms with Gasteiger partial charge in [0.05, 0.1) is 0 Å². The minimum atomic E-state index is -0.523. The molecule has 0 aliphatic carbocycles. The van der Waals surface area contributed by atoms with Crippen LogP contribution in [0.3, 0.4) is 0 Å². The summed E-state index contributed by atoms with van der Waals surface area (Å²) in [7, 11) is 0. The van der Waals surface area contributed by atoms with Crippen molar-refractivity contribution in [3.63, 3.8) is 0 Å². The Bertz CT molecular complexity index is 581. The predicted molar refractivity (Wildman–Crippen MR) is 89.9 cm³/mol. The summed E-state index contributed by atoms with van der Waals surface area (Å²) in [5.41, 5.74) is 2.18. The lowest BCUT2D eigenvalue weighted by molar-refractivity contribution is -0.140. The van der Waals surface area contributed by atoms with Gasteiger partial charge >= 0.3 is 0 Å². The zero-order chi connectivity index (χ0) is 17.0. The van der Waals surface area contributed by atoms with Gasteiger partial charge in [-0.1, -0.05) is 12.1 Å². The molecular formula is C17H23ClN2O3. The first-order chi connectivity index (χ1) is 10.9. The van der Waals surface area contributed by atoms with Crippen molar-refractivity contribution in [2.75, 3.05) is 32.8 Å². The van der Waals surface area contributed by atoms with Crippen molar-refractivity contribution in [3.05, 3.63) is 29.3 Å². The first-order valence-corrected chi connectivity index (χ1v) is 8.23. The fourth-order valence-corrected chi connectivity index (χ4v) is 2.68. The van der Waals surface area contributed by atoms with Crippen molar-refractivity contribution in [2.45, 2.75) is 26.1 Å². The van der Waals surface area contributed by atoms with Crippen LogP contribution >= 0.6 is 11.6 Å². The van der Waals surface area contributed by atoms with E-state index in [1.165, 1.54) is 0 Å². The number of hydrogen-bond acceptors (Lipinski definition) is 3. The number of benzene rings is 1. The van der Waals surface area contributed by atoms with Crippen molar-refractivity contribution in [1.29, 1.82) is 0 Å². The normalized spacial score (nSPS) is 16.2. The van der Waals surface area contributed by atoms with Gasteiger partial charge in [0.25, 0.3) is 5.91 Å². The lowest BCUT2D eigenvalue weighted by Crippen LogP contribution is -2.52. The summed E-state index contributed by atoms with van der Waals surface area (Å²) in [5.74, 6) is 0.602. The Morgan fingerprint density at radius 2 is 1.78 bits per heavy atom. The number of piperazine rings is 1. The molecule has 0 bridgehead atoms. The van der Waals surface area contributed by atoms with Gasteiger partial charge in [0.15, 0.2) is 6.61 Å². The van der Waals surface area contributed by atoms with Crippen LogP contribution < -0.4 is 4.74 Å². The number of rotatable bonds is 4. The van der Waals surface area contributed by atoms with Crippen LogP contribution in [0.5, 0.6) is 5.75 Å². The molecule has 1 atom stereocenters. The molecule has 5 nitrogen and oxygen atoms in total. The van der Waals surface area contributed by atoms with Gasteiger partial charge < -0.3 is 14.5 Å². The first-order valence-electron chi connectivity index (χ1n) is 7.79. The zero-order valence-corrected chi connectivity index (χ0v) is 14.6. The molecule has 23 heavy (non-hydrogen) atoms. The van der Waals surface area contributed by atoms with E-state index in [9.17, 15) is 9.59 Å². The summed E-state index contributed by atoms with van der Waals surface area (Å²) in [5, 5.41) is -0.523. The summed E-state index contributed by atoms with van der Waals surface area (Å²) in [6, 6.07) is 5.80. The molecule has 0 N–H and O–H groups in total. The maximum atomic E-state index is 12.2. The van der Waals surface area contributed by atoms with Crippen LogP contribution in [0.1, 0.15) is 18.1 Å². The van der Waals surface area contributed by atoms with Gasteiger partial charge in [0, 0.05) is 26.2 Å². The van der Waals surface area contributed by atoms with Crippen molar-refractivity contribution in [3.8, 4) is 5.75 Å². The SMILES string of the molecule is Cc1cccc(OCC(=O)N2CCN(C(=O)C(C)Cl)CC2)c1C. The van der Waals surface area contributed by atoms with E-state index in [-0.39, 0.29) is 18.4 Å². The van der Waals surface area contributed by atoms with Crippen molar-refractivity contribution >= 4 is 23.4 Å². The van der Waals surface area contributed by atoms with Crippen LogP contribution in [0, 0.1) is 13.8 Å². The minimum absolute atomic E-state index is 0.0180. The largest absolute Gasteiger partial charge is 0.483 e. The number of alkyl halides is 1. The Hall–Kier alpha value is -1.75. The molecule has 1 heterocycles.